The Morgan fingerprint density at radius 2 is 1.64 bits per heavy atom. The first-order valence-corrected chi connectivity index (χ1v) is 9.74. The molecule has 0 radical (unpaired) electrons. The molecule has 1 aromatic carbocycles. The number of rotatable bonds is 11. The van der Waals surface area contributed by atoms with Crippen LogP contribution in [0.25, 0.3) is 0 Å². The first kappa shape index (κ1) is 23.5. The van der Waals surface area contributed by atoms with Crippen LogP contribution < -0.4 is 10.1 Å². The Morgan fingerprint density at radius 3 is 2.18 bits per heavy atom. The smallest absolute Gasteiger partial charge is 0.325 e. The van der Waals surface area contributed by atoms with Crippen LogP contribution in [-0.2, 0) is 14.3 Å². The van der Waals surface area contributed by atoms with Crippen LogP contribution in [0.3, 0.4) is 0 Å². The van der Waals surface area contributed by atoms with Gasteiger partial charge in [-0.3, -0.25) is 14.4 Å². The molecular formula is C21H32N2O5. The largest absolute Gasteiger partial charge is 0.494 e. The van der Waals surface area contributed by atoms with Crippen LogP contribution in [-0.4, -0.2) is 54.5 Å². The molecular weight excluding hydrogens is 360 g/mol. The zero-order valence-corrected chi connectivity index (χ0v) is 17.5. The number of hydrogen-bond acceptors (Lipinski definition) is 5. The van der Waals surface area contributed by atoms with Gasteiger partial charge < -0.3 is 19.7 Å². The van der Waals surface area contributed by atoms with Crippen LogP contribution in [0.5, 0.6) is 5.75 Å². The summed E-state index contributed by atoms with van der Waals surface area (Å²) in [5.74, 6) is -0.617. The van der Waals surface area contributed by atoms with Gasteiger partial charge in [-0.25, -0.2) is 0 Å². The van der Waals surface area contributed by atoms with E-state index in [1.54, 1.807) is 29.2 Å². The van der Waals surface area contributed by atoms with Gasteiger partial charge in [0.15, 0.2) is 6.61 Å². The molecule has 1 N–H and O–H groups in total. The summed E-state index contributed by atoms with van der Waals surface area (Å²) in [6.45, 7) is 9.69. The molecule has 0 aliphatic rings. The maximum absolute atomic E-state index is 12.2. The van der Waals surface area contributed by atoms with Crippen molar-refractivity contribution >= 4 is 17.8 Å². The predicted octanol–water partition coefficient (Wildman–Crippen LogP) is 2.78. The molecule has 0 saturated heterocycles. The summed E-state index contributed by atoms with van der Waals surface area (Å²) >= 11 is 0. The van der Waals surface area contributed by atoms with Crippen molar-refractivity contribution in [1.29, 1.82) is 0 Å². The summed E-state index contributed by atoms with van der Waals surface area (Å²) < 4.78 is 10.5. The molecule has 0 aliphatic heterocycles. The van der Waals surface area contributed by atoms with Crippen molar-refractivity contribution in [2.24, 2.45) is 0 Å². The normalized spacial score (nSPS) is 10.7. The highest BCUT2D eigenvalue weighted by Gasteiger charge is 2.21. The van der Waals surface area contributed by atoms with E-state index < -0.39 is 11.9 Å². The van der Waals surface area contributed by atoms with Crippen LogP contribution in [0.15, 0.2) is 24.3 Å². The van der Waals surface area contributed by atoms with Gasteiger partial charge in [0.05, 0.1) is 6.61 Å². The summed E-state index contributed by atoms with van der Waals surface area (Å²) in [5.41, 5.74) is 0.414. The molecule has 0 heterocycles. The predicted molar refractivity (Wildman–Crippen MR) is 107 cm³/mol. The van der Waals surface area contributed by atoms with Crippen molar-refractivity contribution in [2.75, 3.05) is 19.8 Å². The van der Waals surface area contributed by atoms with Gasteiger partial charge in [0, 0.05) is 17.6 Å². The van der Waals surface area contributed by atoms with E-state index in [1.807, 2.05) is 27.7 Å². The van der Waals surface area contributed by atoms with Gasteiger partial charge in [0.1, 0.15) is 12.3 Å². The van der Waals surface area contributed by atoms with Crippen LogP contribution in [0.4, 0.5) is 0 Å². The van der Waals surface area contributed by atoms with E-state index in [0.29, 0.717) is 17.9 Å². The second kappa shape index (κ2) is 12.0. The minimum absolute atomic E-state index is 0.0137. The monoisotopic (exact) mass is 392 g/mol. The molecule has 1 aromatic rings. The van der Waals surface area contributed by atoms with Gasteiger partial charge in [0.25, 0.3) is 11.8 Å². The summed E-state index contributed by atoms with van der Waals surface area (Å²) in [6.07, 6.45) is 2.02. The highest BCUT2D eigenvalue weighted by Crippen LogP contribution is 2.12. The number of amides is 2. The molecule has 0 aliphatic carbocycles. The molecule has 0 aromatic heterocycles. The zero-order valence-electron chi connectivity index (χ0n) is 17.5. The van der Waals surface area contributed by atoms with Gasteiger partial charge in [-0.05, 0) is 58.4 Å². The Morgan fingerprint density at radius 1 is 1.04 bits per heavy atom. The summed E-state index contributed by atoms with van der Waals surface area (Å²) in [4.78, 5) is 37.7. The topological polar surface area (TPSA) is 84.9 Å². The number of esters is 1. The average Bonchev–Trinajstić information content (AvgIpc) is 2.64. The fourth-order valence-electron chi connectivity index (χ4n) is 2.73. The number of hydrogen-bond donors (Lipinski definition) is 1. The fourth-order valence-corrected chi connectivity index (χ4v) is 2.73. The Bertz CT molecular complexity index is 633. The molecule has 0 unspecified atom stereocenters. The van der Waals surface area contributed by atoms with E-state index in [1.165, 1.54) is 0 Å². The third kappa shape index (κ3) is 7.98. The standard InChI is InChI=1S/C21H32N2O5/c1-6-7-12-27-18-10-8-17(9-11-18)21(26)22-13-20(25)28-14-19(24)23(15(2)3)16(4)5/h8-11,15-16H,6-7,12-14H2,1-5H3,(H,22,26). The van der Waals surface area contributed by atoms with Crippen molar-refractivity contribution in [2.45, 2.75) is 59.5 Å². The fraction of sp³-hybridized carbons (Fsp3) is 0.571. The van der Waals surface area contributed by atoms with E-state index >= 15 is 0 Å². The summed E-state index contributed by atoms with van der Waals surface area (Å²) in [5, 5.41) is 2.49. The lowest BCUT2D eigenvalue weighted by molar-refractivity contribution is -0.152. The SMILES string of the molecule is CCCCOc1ccc(C(=O)NCC(=O)OCC(=O)N(C(C)C)C(C)C)cc1. The highest BCUT2D eigenvalue weighted by molar-refractivity contribution is 5.96. The average molecular weight is 392 g/mol. The lowest BCUT2D eigenvalue weighted by Crippen LogP contribution is -2.44. The zero-order chi connectivity index (χ0) is 21.1. The molecule has 0 spiro atoms. The highest BCUT2D eigenvalue weighted by atomic mass is 16.5. The number of ether oxygens (including phenoxy) is 2. The maximum atomic E-state index is 12.2. The molecule has 156 valence electrons. The van der Waals surface area contributed by atoms with Crippen LogP contribution in [0, 0.1) is 0 Å². The number of nitrogens with one attached hydrogen (secondary N) is 1. The number of carbonyl (C=O) groups excluding carboxylic acids is 3. The molecule has 0 fully saturated rings. The van der Waals surface area contributed by atoms with Crippen molar-refractivity contribution in [1.82, 2.24) is 10.2 Å². The third-order valence-electron chi connectivity index (χ3n) is 4.03. The third-order valence-corrected chi connectivity index (χ3v) is 4.03. The first-order chi connectivity index (χ1) is 13.3. The molecule has 7 heteroatoms. The van der Waals surface area contributed by atoms with Crippen LogP contribution in [0.2, 0.25) is 0 Å². The van der Waals surface area contributed by atoms with E-state index in [4.69, 9.17) is 9.47 Å². The lowest BCUT2D eigenvalue weighted by Gasteiger charge is -2.30. The van der Waals surface area contributed by atoms with Crippen molar-refractivity contribution < 1.29 is 23.9 Å². The molecule has 28 heavy (non-hydrogen) atoms. The van der Waals surface area contributed by atoms with E-state index in [0.717, 1.165) is 12.8 Å². The lowest BCUT2D eigenvalue weighted by atomic mass is 10.2. The van der Waals surface area contributed by atoms with Gasteiger partial charge >= 0.3 is 5.97 Å². The molecule has 0 bridgehead atoms. The summed E-state index contributed by atoms with van der Waals surface area (Å²) in [7, 11) is 0. The Kier molecular flexibility index (Phi) is 10.1. The molecule has 0 saturated carbocycles. The minimum Gasteiger partial charge on any atom is -0.494 e. The number of unbranched alkanes of at least 4 members (excludes halogenated alkanes) is 1. The molecule has 2 amide bonds. The number of nitrogens with zero attached hydrogens (tertiary/aromatic N) is 1. The van der Waals surface area contributed by atoms with Crippen molar-refractivity contribution in [3.8, 4) is 5.75 Å². The van der Waals surface area contributed by atoms with Gasteiger partial charge in [0.2, 0.25) is 0 Å². The maximum Gasteiger partial charge on any atom is 0.325 e. The van der Waals surface area contributed by atoms with Gasteiger partial charge in [-0.2, -0.15) is 0 Å². The Balaban J connectivity index is 2.41. The first-order valence-electron chi connectivity index (χ1n) is 9.74. The molecule has 0 atom stereocenters. The van der Waals surface area contributed by atoms with Crippen LogP contribution >= 0.6 is 0 Å². The quantitative estimate of drug-likeness (QED) is 0.462. The second-order valence-electron chi connectivity index (χ2n) is 7.06. The second-order valence-corrected chi connectivity index (χ2v) is 7.06. The van der Waals surface area contributed by atoms with Gasteiger partial charge in [-0.15, -0.1) is 0 Å². The van der Waals surface area contributed by atoms with E-state index in [2.05, 4.69) is 12.2 Å². The van der Waals surface area contributed by atoms with Crippen LogP contribution in [0.1, 0.15) is 57.8 Å². The van der Waals surface area contributed by atoms with Gasteiger partial charge in [-0.1, -0.05) is 13.3 Å². The number of benzene rings is 1. The Hall–Kier alpha value is -2.57. The summed E-state index contributed by atoms with van der Waals surface area (Å²) in [6, 6.07) is 6.73. The molecule has 1 rings (SSSR count). The minimum atomic E-state index is -0.659. The Labute approximate surface area is 167 Å². The van der Waals surface area contributed by atoms with E-state index in [9.17, 15) is 14.4 Å². The van der Waals surface area contributed by atoms with Crippen molar-refractivity contribution in [3.05, 3.63) is 29.8 Å². The van der Waals surface area contributed by atoms with Crippen molar-refractivity contribution in [3.63, 3.8) is 0 Å². The molecule has 7 nitrogen and oxygen atoms in total. The van der Waals surface area contributed by atoms with E-state index in [-0.39, 0.29) is 31.1 Å². The number of carbonyl (C=O) groups is 3.